The fraction of sp³-hybridized carbons (Fsp3) is 0.333. The van der Waals surface area contributed by atoms with Gasteiger partial charge in [-0.05, 0) is 24.6 Å². The van der Waals surface area contributed by atoms with Crippen LogP contribution in [0.2, 0.25) is 0 Å². The lowest BCUT2D eigenvalue weighted by atomic mass is 10.1. The number of esters is 1. The fourth-order valence-corrected chi connectivity index (χ4v) is 1.18. The van der Waals surface area contributed by atoms with E-state index in [0.717, 1.165) is 6.07 Å². The highest BCUT2D eigenvalue weighted by Gasteiger charge is 2.29. The van der Waals surface area contributed by atoms with Crippen molar-refractivity contribution in [3.8, 4) is 0 Å². The van der Waals surface area contributed by atoms with Crippen LogP contribution in [0, 0.1) is 11.6 Å². The fourth-order valence-electron chi connectivity index (χ4n) is 1.18. The first-order valence-electron chi connectivity index (χ1n) is 5.27. The van der Waals surface area contributed by atoms with E-state index in [1.54, 1.807) is 6.92 Å². The standard InChI is InChI=1S/C12H11F3O3/c1-2-5-18-12(17)10(15)11(16)7-3-4-8(13)9(14)6-7/h3-4,6,10H,2,5H2,1H3. The molecule has 98 valence electrons. The van der Waals surface area contributed by atoms with Gasteiger partial charge in [-0.3, -0.25) is 4.79 Å². The van der Waals surface area contributed by atoms with Gasteiger partial charge in [0.2, 0.25) is 5.78 Å². The van der Waals surface area contributed by atoms with Crippen LogP contribution in [0.4, 0.5) is 13.2 Å². The van der Waals surface area contributed by atoms with E-state index >= 15 is 0 Å². The van der Waals surface area contributed by atoms with Crippen LogP contribution in [0.1, 0.15) is 23.7 Å². The molecule has 0 aliphatic carbocycles. The molecular weight excluding hydrogens is 249 g/mol. The number of alkyl halides is 1. The Morgan fingerprint density at radius 3 is 2.50 bits per heavy atom. The number of hydrogen-bond donors (Lipinski definition) is 0. The van der Waals surface area contributed by atoms with Gasteiger partial charge < -0.3 is 4.74 Å². The van der Waals surface area contributed by atoms with Gasteiger partial charge in [-0.2, -0.15) is 0 Å². The van der Waals surface area contributed by atoms with Crippen molar-refractivity contribution < 1.29 is 27.5 Å². The average Bonchev–Trinajstić information content (AvgIpc) is 2.37. The van der Waals surface area contributed by atoms with Crippen LogP contribution in [0.3, 0.4) is 0 Å². The molecule has 0 bridgehead atoms. The van der Waals surface area contributed by atoms with Crippen LogP contribution < -0.4 is 0 Å². The molecule has 0 aliphatic rings. The second-order valence-corrected chi connectivity index (χ2v) is 3.52. The molecule has 1 unspecified atom stereocenters. The van der Waals surface area contributed by atoms with Crippen LogP contribution >= 0.6 is 0 Å². The predicted molar refractivity (Wildman–Crippen MR) is 56.8 cm³/mol. The second kappa shape index (κ2) is 6.18. The molecule has 6 heteroatoms. The molecule has 3 nitrogen and oxygen atoms in total. The largest absolute Gasteiger partial charge is 0.463 e. The van der Waals surface area contributed by atoms with Gasteiger partial charge >= 0.3 is 5.97 Å². The number of carbonyl (C=O) groups excluding carboxylic acids is 2. The van der Waals surface area contributed by atoms with Crippen molar-refractivity contribution in [2.75, 3.05) is 6.61 Å². The minimum absolute atomic E-state index is 0.00961. The number of hydrogen-bond acceptors (Lipinski definition) is 3. The van der Waals surface area contributed by atoms with Gasteiger partial charge in [-0.25, -0.2) is 18.0 Å². The van der Waals surface area contributed by atoms with E-state index in [1.165, 1.54) is 0 Å². The Bertz CT molecular complexity index is 460. The summed E-state index contributed by atoms with van der Waals surface area (Å²) in [4.78, 5) is 22.5. The van der Waals surface area contributed by atoms with Gasteiger partial charge in [0.1, 0.15) is 0 Å². The Morgan fingerprint density at radius 2 is 1.94 bits per heavy atom. The van der Waals surface area contributed by atoms with E-state index in [0.29, 0.717) is 18.6 Å². The summed E-state index contributed by atoms with van der Waals surface area (Å²) in [6.07, 6.45) is -2.04. The number of ether oxygens (including phenoxy) is 1. The van der Waals surface area contributed by atoms with Crippen molar-refractivity contribution in [2.45, 2.75) is 19.5 Å². The molecule has 1 aromatic rings. The normalized spacial score (nSPS) is 12.0. The molecule has 0 saturated carbocycles. The highest BCUT2D eigenvalue weighted by molar-refractivity contribution is 6.11. The molecule has 0 radical (unpaired) electrons. The maximum atomic E-state index is 13.4. The van der Waals surface area contributed by atoms with E-state index in [4.69, 9.17) is 0 Å². The zero-order chi connectivity index (χ0) is 13.7. The number of benzene rings is 1. The Morgan fingerprint density at radius 1 is 1.28 bits per heavy atom. The molecule has 0 saturated heterocycles. The van der Waals surface area contributed by atoms with Crippen molar-refractivity contribution in [1.29, 1.82) is 0 Å². The Labute approximate surface area is 102 Å². The lowest BCUT2D eigenvalue weighted by molar-refractivity contribution is -0.147. The van der Waals surface area contributed by atoms with E-state index in [-0.39, 0.29) is 6.61 Å². The number of ketones is 1. The number of Topliss-reactive ketones (excluding diaryl/α,β-unsaturated/α-hetero) is 1. The number of rotatable bonds is 5. The first-order chi connectivity index (χ1) is 8.47. The zero-order valence-electron chi connectivity index (χ0n) is 9.58. The van der Waals surface area contributed by atoms with E-state index in [2.05, 4.69) is 4.74 Å². The van der Waals surface area contributed by atoms with Crippen LogP contribution in [-0.2, 0) is 9.53 Å². The molecule has 0 aromatic heterocycles. The molecule has 0 fully saturated rings. The first-order valence-corrected chi connectivity index (χ1v) is 5.27. The van der Waals surface area contributed by atoms with Crippen molar-refractivity contribution >= 4 is 11.8 Å². The second-order valence-electron chi connectivity index (χ2n) is 3.52. The van der Waals surface area contributed by atoms with Crippen LogP contribution in [0.25, 0.3) is 0 Å². The number of carbonyl (C=O) groups is 2. The van der Waals surface area contributed by atoms with Crippen LogP contribution in [-0.4, -0.2) is 24.5 Å². The molecule has 1 aromatic carbocycles. The average molecular weight is 260 g/mol. The molecule has 0 N–H and O–H groups in total. The van der Waals surface area contributed by atoms with Crippen molar-refractivity contribution in [3.05, 3.63) is 35.4 Å². The topological polar surface area (TPSA) is 43.4 Å². The third-order valence-electron chi connectivity index (χ3n) is 2.09. The highest BCUT2D eigenvalue weighted by Crippen LogP contribution is 2.13. The molecule has 0 spiro atoms. The molecule has 18 heavy (non-hydrogen) atoms. The summed E-state index contributed by atoms with van der Waals surface area (Å²) < 4.78 is 43.3. The van der Waals surface area contributed by atoms with Crippen molar-refractivity contribution in [2.24, 2.45) is 0 Å². The minimum Gasteiger partial charge on any atom is -0.463 e. The summed E-state index contributed by atoms with van der Waals surface area (Å²) in [5.41, 5.74) is -0.421. The van der Waals surface area contributed by atoms with Gasteiger partial charge in [0.05, 0.1) is 6.61 Å². The van der Waals surface area contributed by atoms with Gasteiger partial charge in [0, 0.05) is 5.56 Å². The maximum Gasteiger partial charge on any atom is 0.349 e. The SMILES string of the molecule is CCCOC(=O)C(F)C(=O)c1ccc(F)c(F)c1. The lowest BCUT2D eigenvalue weighted by Crippen LogP contribution is -2.28. The summed E-state index contributed by atoms with van der Waals surface area (Å²) in [6, 6.07) is 2.13. The lowest BCUT2D eigenvalue weighted by Gasteiger charge is -2.07. The van der Waals surface area contributed by atoms with E-state index < -0.39 is 35.1 Å². The Balaban J connectivity index is 2.79. The molecule has 1 rings (SSSR count). The quantitative estimate of drug-likeness (QED) is 0.464. The van der Waals surface area contributed by atoms with Gasteiger partial charge in [0.15, 0.2) is 11.6 Å². The minimum atomic E-state index is -2.53. The summed E-state index contributed by atoms with van der Waals surface area (Å²) in [5.74, 6) is -5.02. The third-order valence-corrected chi connectivity index (χ3v) is 2.09. The van der Waals surface area contributed by atoms with Gasteiger partial charge in [-0.1, -0.05) is 6.92 Å². The molecule has 0 heterocycles. The first kappa shape index (κ1) is 14.2. The van der Waals surface area contributed by atoms with E-state index in [1.807, 2.05) is 0 Å². The Kier molecular flexibility index (Phi) is 4.88. The summed E-state index contributed by atoms with van der Waals surface area (Å²) in [6.45, 7) is 1.70. The maximum absolute atomic E-state index is 13.4. The number of halogens is 3. The van der Waals surface area contributed by atoms with Crippen molar-refractivity contribution in [3.63, 3.8) is 0 Å². The molecule has 1 atom stereocenters. The zero-order valence-corrected chi connectivity index (χ0v) is 9.58. The van der Waals surface area contributed by atoms with Crippen LogP contribution in [0.15, 0.2) is 18.2 Å². The molecule has 0 aliphatic heterocycles. The smallest absolute Gasteiger partial charge is 0.349 e. The monoisotopic (exact) mass is 260 g/mol. The molecular formula is C12H11F3O3. The third kappa shape index (κ3) is 3.32. The van der Waals surface area contributed by atoms with E-state index in [9.17, 15) is 22.8 Å². The van der Waals surface area contributed by atoms with Crippen LogP contribution in [0.5, 0.6) is 0 Å². The summed E-state index contributed by atoms with van der Waals surface area (Å²) in [5, 5.41) is 0. The van der Waals surface area contributed by atoms with Gasteiger partial charge in [-0.15, -0.1) is 0 Å². The summed E-state index contributed by atoms with van der Waals surface area (Å²) >= 11 is 0. The predicted octanol–water partition coefficient (Wildman–Crippen LogP) is 2.44. The Hall–Kier alpha value is -1.85. The highest BCUT2D eigenvalue weighted by atomic mass is 19.2. The summed E-state index contributed by atoms with van der Waals surface area (Å²) in [7, 11) is 0. The van der Waals surface area contributed by atoms with Crippen molar-refractivity contribution in [1.82, 2.24) is 0 Å². The van der Waals surface area contributed by atoms with Gasteiger partial charge in [0.25, 0.3) is 6.17 Å². The molecule has 0 amide bonds.